The molecule has 0 aliphatic carbocycles. The van der Waals surface area contributed by atoms with Gasteiger partial charge < -0.3 is 10.1 Å². The molecule has 7 heteroatoms. The zero-order valence-electron chi connectivity index (χ0n) is 20.5. The van der Waals surface area contributed by atoms with Crippen molar-refractivity contribution in [2.24, 2.45) is 0 Å². The number of hydrogen-bond acceptors (Lipinski definition) is 4. The normalized spacial score (nSPS) is 16.1. The standard InChI is InChI=1S/C30H30N2O4S/c33-30(31-18-20-36-29-15-7-6-13-26(29)21-23-9-2-1-3-10-23)28-14-8-19-32(28)37(34,35)27-17-16-24-11-4-5-12-25(24)22-27/h1-7,9-13,15-17,22,28H,8,14,18-21H2,(H,31,33)/t28-/m1/s1. The number of nitrogens with one attached hydrogen (secondary N) is 1. The van der Waals surface area contributed by atoms with Crippen molar-refractivity contribution in [1.82, 2.24) is 9.62 Å². The maximum atomic E-state index is 13.4. The van der Waals surface area contributed by atoms with Crippen molar-refractivity contribution in [3.05, 3.63) is 108 Å². The minimum Gasteiger partial charge on any atom is -0.491 e. The summed E-state index contributed by atoms with van der Waals surface area (Å²) in [6, 6.07) is 30.1. The second-order valence-corrected chi connectivity index (χ2v) is 11.1. The largest absolute Gasteiger partial charge is 0.491 e. The van der Waals surface area contributed by atoms with E-state index in [1.165, 1.54) is 9.87 Å². The smallest absolute Gasteiger partial charge is 0.243 e. The summed E-state index contributed by atoms with van der Waals surface area (Å²) in [7, 11) is -3.79. The van der Waals surface area contributed by atoms with Gasteiger partial charge in [-0.3, -0.25) is 4.79 Å². The number of rotatable bonds is 9. The van der Waals surface area contributed by atoms with Crippen molar-refractivity contribution in [3.63, 3.8) is 0 Å². The molecule has 1 atom stereocenters. The lowest BCUT2D eigenvalue weighted by atomic mass is 10.0. The van der Waals surface area contributed by atoms with Crippen molar-refractivity contribution in [2.45, 2.75) is 30.2 Å². The molecule has 1 heterocycles. The number of carbonyl (C=O) groups is 1. The number of sulfonamides is 1. The highest BCUT2D eigenvalue weighted by molar-refractivity contribution is 7.89. The second kappa shape index (κ2) is 11.2. The van der Waals surface area contributed by atoms with E-state index in [4.69, 9.17) is 4.74 Å². The van der Waals surface area contributed by atoms with Gasteiger partial charge in [0.25, 0.3) is 0 Å². The van der Waals surface area contributed by atoms with Crippen molar-refractivity contribution < 1.29 is 17.9 Å². The molecule has 190 valence electrons. The van der Waals surface area contributed by atoms with Crippen LogP contribution in [0.25, 0.3) is 10.8 Å². The van der Waals surface area contributed by atoms with Gasteiger partial charge in [-0.2, -0.15) is 4.31 Å². The fourth-order valence-corrected chi connectivity index (χ4v) is 6.50. The molecule has 6 nitrogen and oxygen atoms in total. The van der Waals surface area contributed by atoms with Crippen LogP contribution in [-0.2, 0) is 21.2 Å². The molecule has 0 unspecified atom stereocenters. The van der Waals surface area contributed by atoms with Crippen LogP contribution in [0.1, 0.15) is 24.0 Å². The molecule has 5 rings (SSSR count). The first-order valence-electron chi connectivity index (χ1n) is 12.6. The number of amides is 1. The second-order valence-electron chi connectivity index (χ2n) is 9.19. The monoisotopic (exact) mass is 514 g/mol. The average Bonchev–Trinajstić information content (AvgIpc) is 3.43. The van der Waals surface area contributed by atoms with Crippen molar-refractivity contribution in [3.8, 4) is 5.75 Å². The number of carbonyl (C=O) groups excluding carboxylic acids is 1. The van der Waals surface area contributed by atoms with Crippen LogP contribution in [-0.4, -0.2) is 44.4 Å². The summed E-state index contributed by atoms with van der Waals surface area (Å²) < 4.78 is 34.1. The van der Waals surface area contributed by atoms with Crippen LogP contribution in [0.15, 0.2) is 102 Å². The third-order valence-electron chi connectivity index (χ3n) is 6.70. The predicted octanol–water partition coefficient (Wildman–Crippen LogP) is 4.78. The van der Waals surface area contributed by atoms with E-state index in [1.54, 1.807) is 18.2 Å². The maximum absolute atomic E-state index is 13.4. The number of benzene rings is 4. The van der Waals surface area contributed by atoms with Crippen LogP contribution in [0.5, 0.6) is 5.75 Å². The summed E-state index contributed by atoms with van der Waals surface area (Å²) in [4.78, 5) is 13.2. The van der Waals surface area contributed by atoms with Gasteiger partial charge in [-0.15, -0.1) is 0 Å². The first-order chi connectivity index (χ1) is 18.0. The average molecular weight is 515 g/mol. The van der Waals surface area contributed by atoms with Crippen molar-refractivity contribution in [2.75, 3.05) is 19.7 Å². The number of hydrogen-bond donors (Lipinski definition) is 1. The number of nitrogens with zero attached hydrogens (tertiary/aromatic N) is 1. The van der Waals surface area contributed by atoms with E-state index in [1.807, 2.05) is 66.7 Å². The molecule has 0 bridgehead atoms. The molecule has 1 saturated heterocycles. The van der Waals surface area contributed by atoms with Gasteiger partial charge in [-0.1, -0.05) is 78.9 Å². The molecule has 0 spiro atoms. The SMILES string of the molecule is O=C(NCCOc1ccccc1Cc1ccccc1)[C@H]1CCCN1S(=O)(=O)c1ccc2ccccc2c1. The fourth-order valence-electron chi connectivity index (χ4n) is 4.81. The fraction of sp³-hybridized carbons (Fsp3) is 0.233. The van der Waals surface area contributed by atoms with Crippen molar-refractivity contribution >= 4 is 26.7 Å². The Bertz CT molecular complexity index is 1490. The highest BCUT2D eigenvalue weighted by Crippen LogP contribution is 2.28. The van der Waals surface area contributed by atoms with Gasteiger partial charge in [0.05, 0.1) is 11.4 Å². The maximum Gasteiger partial charge on any atom is 0.243 e. The van der Waals surface area contributed by atoms with Gasteiger partial charge in [0.15, 0.2) is 0 Å². The highest BCUT2D eigenvalue weighted by Gasteiger charge is 2.39. The summed E-state index contributed by atoms with van der Waals surface area (Å²) in [5.41, 5.74) is 2.27. The molecule has 1 aliphatic rings. The van der Waals surface area contributed by atoms with E-state index in [2.05, 4.69) is 17.4 Å². The number of fused-ring (bicyclic) bond motifs is 1. The molecule has 0 radical (unpaired) electrons. The van der Waals surface area contributed by atoms with Gasteiger partial charge in [-0.05, 0) is 52.9 Å². The lowest BCUT2D eigenvalue weighted by Crippen LogP contribution is -2.46. The van der Waals surface area contributed by atoms with Crippen molar-refractivity contribution in [1.29, 1.82) is 0 Å². The molecule has 1 amide bonds. The van der Waals surface area contributed by atoms with Crippen LogP contribution >= 0.6 is 0 Å². The Labute approximate surface area is 217 Å². The molecule has 4 aromatic rings. The summed E-state index contributed by atoms with van der Waals surface area (Å²) in [5.74, 6) is 0.491. The highest BCUT2D eigenvalue weighted by atomic mass is 32.2. The quantitative estimate of drug-likeness (QED) is 0.326. The molecular weight excluding hydrogens is 484 g/mol. The summed E-state index contributed by atoms with van der Waals surface area (Å²) in [6.07, 6.45) is 1.90. The van der Waals surface area contributed by atoms with Gasteiger partial charge in [0, 0.05) is 13.0 Å². The third-order valence-corrected chi connectivity index (χ3v) is 8.61. The van der Waals surface area contributed by atoms with Crippen LogP contribution in [0.3, 0.4) is 0 Å². The molecule has 1 N–H and O–H groups in total. The first-order valence-corrected chi connectivity index (χ1v) is 14.0. The lowest BCUT2D eigenvalue weighted by molar-refractivity contribution is -0.124. The molecule has 4 aromatic carbocycles. The summed E-state index contributed by atoms with van der Waals surface area (Å²) in [5, 5.41) is 4.71. The predicted molar refractivity (Wildman–Crippen MR) is 145 cm³/mol. The van der Waals surface area contributed by atoms with E-state index < -0.39 is 16.1 Å². The van der Waals surface area contributed by atoms with Gasteiger partial charge >= 0.3 is 0 Å². The van der Waals surface area contributed by atoms with E-state index in [0.29, 0.717) is 32.5 Å². The molecule has 1 fully saturated rings. The molecule has 0 saturated carbocycles. The van der Waals surface area contributed by atoms with Gasteiger partial charge in [0.2, 0.25) is 15.9 Å². The first kappa shape index (κ1) is 25.0. The van der Waals surface area contributed by atoms with E-state index >= 15 is 0 Å². The van der Waals surface area contributed by atoms with Crippen LogP contribution in [0.2, 0.25) is 0 Å². The third kappa shape index (κ3) is 5.68. The minimum absolute atomic E-state index is 0.212. The summed E-state index contributed by atoms with van der Waals surface area (Å²) in [6.45, 7) is 0.914. The Hall–Kier alpha value is -3.68. The molecule has 1 aliphatic heterocycles. The van der Waals surface area contributed by atoms with Crippen LogP contribution in [0.4, 0.5) is 0 Å². The Balaban J connectivity index is 1.19. The lowest BCUT2D eigenvalue weighted by Gasteiger charge is -2.23. The minimum atomic E-state index is -3.79. The van der Waals surface area contributed by atoms with E-state index in [9.17, 15) is 13.2 Å². The molecule has 37 heavy (non-hydrogen) atoms. The topological polar surface area (TPSA) is 75.7 Å². The number of para-hydroxylation sites is 1. The van der Waals surface area contributed by atoms with Crippen LogP contribution < -0.4 is 10.1 Å². The number of ether oxygens (including phenoxy) is 1. The van der Waals surface area contributed by atoms with Gasteiger partial charge in [0.1, 0.15) is 18.4 Å². The zero-order chi connectivity index (χ0) is 25.7. The molecule has 0 aromatic heterocycles. The van der Waals surface area contributed by atoms with Gasteiger partial charge in [-0.25, -0.2) is 8.42 Å². The van der Waals surface area contributed by atoms with E-state index in [-0.39, 0.29) is 10.8 Å². The molecular formula is C30H30N2O4S. The summed E-state index contributed by atoms with van der Waals surface area (Å²) >= 11 is 0. The van der Waals surface area contributed by atoms with Crippen LogP contribution in [0, 0.1) is 0 Å². The Morgan fingerprint density at radius 3 is 2.46 bits per heavy atom. The Kier molecular flexibility index (Phi) is 7.53. The van der Waals surface area contributed by atoms with E-state index in [0.717, 1.165) is 28.5 Å². The Morgan fingerprint density at radius 1 is 0.892 bits per heavy atom. The Morgan fingerprint density at radius 2 is 1.62 bits per heavy atom. The zero-order valence-corrected chi connectivity index (χ0v) is 21.4.